The van der Waals surface area contributed by atoms with Crippen LogP contribution in [0.5, 0.6) is 5.75 Å². The third kappa shape index (κ3) is 5.10. The lowest BCUT2D eigenvalue weighted by atomic mass is 10.3. The van der Waals surface area contributed by atoms with Gasteiger partial charge in [-0.15, -0.1) is 25.6 Å². The average Bonchev–Trinajstić information content (AvgIpc) is 1.99. The molecule has 1 aromatic rings. The SMILES string of the molecule is Cl.NNc1cc(Br)cc(OC(F)(F)F)c1. The van der Waals surface area contributed by atoms with E-state index in [0.717, 1.165) is 6.07 Å². The molecule has 0 atom stereocenters. The number of ether oxygens (including phenoxy) is 1. The minimum absolute atomic E-state index is 0. The number of hydrogen-bond acceptors (Lipinski definition) is 3. The number of nitrogens with one attached hydrogen (secondary N) is 1. The highest BCUT2D eigenvalue weighted by Crippen LogP contribution is 2.28. The van der Waals surface area contributed by atoms with Gasteiger partial charge < -0.3 is 10.2 Å². The Balaban J connectivity index is 0.00000196. The summed E-state index contributed by atoms with van der Waals surface area (Å²) in [6, 6.07) is 3.84. The summed E-state index contributed by atoms with van der Waals surface area (Å²) in [5.41, 5.74) is 2.53. The first-order valence-corrected chi connectivity index (χ1v) is 4.23. The van der Waals surface area contributed by atoms with E-state index in [2.05, 4.69) is 26.1 Å². The van der Waals surface area contributed by atoms with Crippen LogP contribution in [0, 0.1) is 0 Å². The number of hydrogen-bond donors (Lipinski definition) is 2. The molecule has 1 aromatic carbocycles. The largest absolute Gasteiger partial charge is 0.573 e. The highest BCUT2D eigenvalue weighted by Gasteiger charge is 2.31. The van der Waals surface area contributed by atoms with Crippen LogP contribution in [-0.4, -0.2) is 6.36 Å². The van der Waals surface area contributed by atoms with Crippen LogP contribution in [0.1, 0.15) is 0 Å². The molecule has 0 fully saturated rings. The number of hydrazine groups is 1. The number of benzene rings is 1. The number of nitrogen functional groups attached to an aromatic ring is 1. The fourth-order valence-corrected chi connectivity index (χ4v) is 1.31. The normalized spacial score (nSPS) is 10.5. The summed E-state index contributed by atoms with van der Waals surface area (Å²) < 4.78 is 39.6. The molecule has 8 heteroatoms. The second-order valence-corrected chi connectivity index (χ2v) is 3.28. The molecule has 3 N–H and O–H groups in total. The van der Waals surface area contributed by atoms with Crippen LogP contribution in [-0.2, 0) is 0 Å². The highest BCUT2D eigenvalue weighted by atomic mass is 79.9. The molecule has 86 valence electrons. The highest BCUT2D eigenvalue weighted by molar-refractivity contribution is 9.10. The van der Waals surface area contributed by atoms with E-state index < -0.39 is 6.36 Å². The van der Waals surface area contributed by atoms with Gasteiger partial charge in [-0.3, -0.25) is 5.84 Å². The van der Waals surface area contributed by atoms with Crippen molar-refractivity contribution in [3.05, 3.63) is 22.7 Å². The van der Waals surface area contributed by atoms with Crippen molar-refractivity contribution in [2.24, 2.45) is 5.84 Å². The van der Waals surface area contributed by atoms with Gasteiger partial charge in [-0.25, -0.2) is 0 Å². The van der Waals surface area contributed by atoms with Crippen molar-refractivity contribution in [3.63, 3.8) is 0 Å². The molecule has 0 aliphatic rings. The summed E-state index contributed by atoms with van der Waals surface area (Å²) in [5.74, 6) is 4.71. The molecule has 0 aromatic heterocycles. The molecule has 15 heavy (non-hydrogen) atoms. The first-order chi connectivity index (χ1) is 6.40. The Kier molecular flexibility index (Phi) is 5.19. The predicted octanol–water partition coefficient (Wildman–Crippen LogP) is 3.06. The fourth-order valence-electron chi connectivity index (χ4n) is 0.839. The van der Waals surface area contributed by atoms with Crippen molar-refractivity contribution >= 4 is 34.0 Å². The summed E-state index contributed by atoms with van der Waals surface area (Å²) >= 11 is 3.02. The van der Waals surface area contributed by atoms with Gasteiger partial charge in [-0.2, -0.15) is 0 Å². The van der Waals surface area contributed by atoms with Gasteiger partial charge in [0.1, 0.15) is 5.75 Å². The van der Waals surface area contributed by atoms with Gasteiger partial charge in [0.25, 0.3) is 0 Å². The Hall–Kier alpha value is -0.660. The summed E-state index contributed by atoms with van der Waals surface area (Å²) in [7, 11) is 0. The Morgan fingerprint density at radius 2 is 1.87 bits per heavy atom. The standard InChI is InChI=1S/C7H6BrF3N2O.ClH/c8-4-1-5(13-12)3-6(2-4)14-7(9,10)11;/h1-3,13H,12H2;1H. The van der Waals surface area contributed by atoms with Crippen LogP contribution in [0.15, 0.2) is 22.7 Å². The van der Waals surface area contributed by atoms with Gasteiger partial charge in [0.15, 0.2) is 0 Å². The van der Waals surface area contributed by atoms with Crippen molar-refractivity contribution in [1.29, 1.82) is 0 Å². The lowest BCUT2D eigenvalue weighted by Crippen LogP contribution is -2.17. The number of halogens is 5. The summed E-state index contributed by atoms with van der Waals surface area (Å²) in [6.45, 7) is 0. The van der Waals surface area contributed by atoms with Crippen LogP contribution in [0.25, 0.3) is 0 Å². The molecule has 0 radical (unpaired) electrons. The zero-order valence-corrected chi connectivity index (χ0v) is 9.54. The second kappa shape index (κ2) is 5.43. The van der Waals surface area contributed by atoms with Crippen molar-refractivity contribution in [1.82, 2.24) is 0 Å². The monoisotopic (exact) mass is 306 g/mol. The van der Waals surface area contributed by atoms with Gasteiger partial charge in [-0.1, -0.05) is 15.9 Å². The lowest BCUT2D eigenvalue weighted by molar-refractivity contribution is -0.274. The number of rotatable bonds is 2. The zero-order valence-electron chi connectivity index (χ0n) is 7.14. The predicted molar refractivity (Wildman–Crippen MR) is 55.9 cm³/mol. The molecule has 1 rings (SSSR count). The minimum Gasteiger partial charge on any atom is -0.406 e. The molecule has 0 aliphatic carbocycles. The lowest BCUT2D eigenvalue weighted by Gasteiger charge is -2.10. The molecule has 0 amide bonds. The molecule has 0 saturated heterocycles. The van der Waals surface area contributed by atoms with Gasteiger partial charge in [-0.05, 0) is 12.1 Å². The van der Waals surface area contributed by atoms with Crippen molar-refractivity contribution in [2.75, 3.05) is 5.43 Å². The van der Waals surface area contributed by atoms with Crippen molar-refractivity contribution < 1.29 is 17.9 Å². The quantitative estimate of drug-likeness (QED) is 0.652. The Morgan fingerprint density at radius 3 is 2.33 bits per heavy atom. The first kappa shape index (κ1) is 14.3. The number of alkyl halides is 3. The van der Waals surface area contributed by atoms with Gasteiger partial charge >= 0.3 is 6.36 Å². The van der Waals surface area contributed by atoms with Crippen molar-refractivity contribution in [3.8, 4) is 5.75 Å². The Bertz CT molecular complexity index is 335. The third-order valence-corrected chi connectivity index (χ3v) is 1.73. The van der Waals surface area contributed by atoms with Crippen LogP contribution >= 0.6 is 28.3 Å². The molecule has 3 nitrogen and oxygen atoms in total. The summed E-state index contributed by atoms with van der Waals surface area (Å²) in [5, 5.41) is 0. The second-order valence-electron chi connectivity index (χ2n) is 2.37. The van der Waals surface area contributed by atoms with E-state index in [0.29, 0.717) is 10.2 Å². The fraction of sp³-hybridized carbons (Fsp3) is 0.143. The summed E-state index contributed by atoms with van der Waals surface area (Å²) in [4.78, 5) is 0. The molecule has 0 bridgehead atoms. The summed E-state index contributed by atoms with van der Waals surface area (Å²) in [6.07, 6.45) is -4.70. The minimum atomic E-state index is -4.70. The van der Waals surface area contributed by atoms with Crippen LogP contribution in [0.4, 0.5) is 18.9 Å². The van der Waals surface area contributed by atoms with E-state index in [1.54, 1.807) is 0 Å². The van der Waals surface area contributed by atoms with Gasteiger partial charge in [0.05, 0.1) is 5.69 Å². The molecule has 0 heterocycles. The van der Waals surface area contributed by atoms with Gasteiger partial charge in [0.2, 0.25) is 0 Å². The molecule has 0 unspecified atom stereocenters. The topological polar surface area (TPSA) is 47.3 Å². The van der Waals surface area contributed by atoms with E-state index in [9.17, 15) is 13.2 Å². The maximum atomic E-state index is 11.8. The van der Waals surface area contributed by atoms with Crippen LogP contribution < -0.4 is 16.0 Å². The van der Waals surface area contributed by atoms with E-state index >= 15 is 0 Å². The average molecular weight is 307 g/mol. The number of nitrogens with two attached hydrogens (primary N) is 1. The number of anilines is 1. The van der Waals surface area contributed by atoms with E-state index in [1.165, 1.54) is 12.1 Å². The van der Waals surface area contributed by atoms with E-state index in [1.807, 2.05) is 0 Å². The molecular weight excluding hydrogens is 300 g/mol. The van der Waals surface area contributed by atoms with Crippen molar-refractivity contribution in [2.45, 2.75) is 6.36 Å². The van der Waals surface area contributed by atoms with E-state index in [-0.39, 0.29) is 18.2 Å². The van der Waals surface area contributed by atoms with Gasteiger partial charge in [0, 0.05) is 10.5 Å². The Labute approximate surface area is 98.3 Å². The maximum Gasteiger partial charge on any atom is 0.573 e. The maximum absolute atomic E-state index is 11.8. The first-order valence-electron chi connectivity index (χ1n) is 3.43. The smallest absolute Gasteiger partial charge is 0.406 e. The zero-order chi connectivity index (χ0) is 10.8. The molecule has 0 aliphatic heterocycles. The van der Waals surface area contributed by atoms with E-state index in [4.69, 9.17) is 5.84 Å². The van der Waals surface area contributed by atoms with Crippen LogP contribution in [0.2, 0.25) is 0 Å². The van der Waals surface area contributed by atoms with Crippen LogP contribution in [0.3, 0.4) is 0 Å². The third-order valence-electron chi connectivity index (χ3n) is 1.27. The molecule has 0 spiro atoms. The Morgan fingerprint density at radius 1 is 1.27 bits per heavy atom. The molecule has 0 saturated carbocycles. The molecular formula is C7H7BrClF3N2O.